The van der Waals surface area contributed by atoms with Crippen molar-refractivity contribution in [2.24, 2.45) is 0 Å². The molecule has 0 aromatic heterocycles. The van der Waals surface area contributed by atoms with Crippen LogP contribution in [0.4, 0.5) is 9.18 Å². The van der Waals surface area contributed by atoms with Gasteiger partial charge in [0.25, 0.3) is 5.91 Å². The maximum Gasteiger partial charge on any atom is 0.325 e. The van der Waals surface area contributed by atoms with Crippen molar-refractivity contribution >= 4 is 37.7 Å². The molecule has 0 bridgehead atoms. The van der Waals surface area contributed by atoms with E-state index in [4.69, 9.17) is 0 Å². The molecule has 3 rings (SSSR count). The summed E-state index contributed by atoms with van der Waals surface area (Å²) in [5.74, 6) is -0.908. The van der Waals surface area contributed by atoms with E-state index in [-0.39, 0.29) is 11.4 Å². The van der Waals surface area contributed by atoms with Gasteiger partial charge in [0.1, 0.15) is 11.4 Å². The number of hydrogen-bond acceptors (Lipinski definition) is 4. The minimum Gasteiger partial charge on any atom is -0.319 e. The van der Waals surface area contributed by atoms with Gasteiger partial charge in [0.2, 0.25) is 0 Å². The van der Waals surface area contributed by atoms with E-state index in [2.05, 4.69) is 21.2 Å². The van der Waals surface area contributed by atoms with Gasteiger partial charge in [0.05, 0.1) is 11.4 Å². The molecular formula is C18H16BrFN2O4S. The number of nitrogens with one attached hydrogen (secondary N) is 1. The van der Waals surface area contributed by atoms with Crippen molar-refractivity contribution in [3.05, 3.63) is 63.9 Å². The summed E-state index contributed by atoms with van der Waals surface area (Å²) in [5.41, 5.74) is -0.273. The second-order valence-electron chi connectivity index (χ2n) is 6.48. The Morgan fingerprint density at radius 1 is 1.15 bits per heavy atom. The molecule has 1 aliphatic rings. The van der Waals surface area contributed by atoms with Gasteiger partial charge in [0.15, 0.2) is 9.84 Å². The molecule has 9 heteroatoms. The lowest BCUT2D eigenvalue weighted by Gasteiger charge is -2.22. The first kappa shape index (κ1) is 19.5. The maximum absolute atomic E-state index is 13.2. The Bertz CT molecular complexity index is 1040. The third-order valence-electron chi connectivity index (χ3n) is 4.48. The SMILES string of the molecule is CC1(c2ccc(S(C)(=O)=O)cc2)NC(=O)N(Cc2ccc(F)cc2Br)C1=O. The average molecular weight is 455 g/mol. The van der Waals surface area contributed by atoms with E-state index in [0.717, 1.165) is 11.2 Å². The lowest BCUT2D eigenvalue weighted by Crippen LogP contribution is -2.40. The van der Waals surface area contributed by atoms with Gasteiger partial charge >= 0.3 is 6.03 Å². The van der Waals surface area contributed by atoms with Crippen LogP contribution >= 0.6 is 15.9 Å². The molecule has 1 atom stereocenters. The quantitative estimate of drug-likeness (QED) is 0.719. The number of carbonyl (C=O) groups is 2. The van der Waals surface area contributed by atoms with Crippen LogP contribution in [0.25, 0.3) is 0 Å². The third-order valence-corrected chi connectivity index (χ3v) is 6.35. The Hall–Kier alpha value is -2.26. The first-order chi connectivity index (χ1) is 12.5. The lowest BCUT2D eigenvalue weighted by molar-refractivity contribution is -0.131. The zero-order chi connectivity index (χ0) is 20.0. The molecule has 142 valence electrons. The average Bonchev–Trinajstić information content (AvgIpc) is 2.80. The van der Waals surface area contributed by atoms with Crippen LogP contribution < -0.4 is 5.32 Å². The Balaban J connectivity index is 1.90. The molecule has 2 aromatic rings. The molecule has 0 saturated carbocycles. The molecule has 27 heavy (non-hydrogen) atoms. The highest BCUT2D eigenvalue weighted by atomic mass is 79.9. The van der Waals surface area contributed by atoms with Crippen molar-refractivity contribution in [1.82, 2.24) is 10.2 Å². The second kappa shape index (κ2) is 6.72. The standard InChI is InChI=1S/C18H16BrFN2O4S/c1-18(12-4-7-14(8-5-12)27(2,25)26)16(23)22(17(24)21-18)10-11-3-6-13(20)9-15(11)19/h3-9H,10H2,1-2H3,(H,21,24). The topological polar surface area (TPSA) is 83.6 Å². The molecule has 1 heterocycles. The molecule has 1 fully saturated rings. The van der Waals surface area contributed by atoms with E-state index in [1.165, 1.54) is 42.5 Å². The third kappa shape index (κ3) is 3.61. The van der Waals surface area contributed by atoms with Crippen LogP contribution in [-0.4, -0.2) is 31.5 Å². The minimum absolute atomic E-state index is 0.0253. The van der Waals surface area contributed by atoms with Crippen molar-refractivity contribution in [3.63, 3.8) is 0 Å². The van der Waals surface area contributed by atoms with Crippen molar-refractivity contribution in [2.75, 3.05) is 6.26 Å². The molecule has 0 radical (unpaired) electrons. The first-order valence-electron chi connectivity index (χ1n) is 7.91. The number of benzene rings is 2. The van der Waals surface area contributed by atoms with Gasteiger partial charge in [-0.3, -0.25) is 9.69 Å². The fourth-order valence-corrected chi connectivity index (χ4v) is 4.00. The largest absolute Gasteiger partial charge is 0.325 e. The molecule has 1 unspecified atom stereocenters. The highest BCUT2D eigenvalue weighted by Crippen LogP contribution is 2.31. The predicted octanol–water partition coefficient (Wildman–Crippen LogP) is 2.96. The number of amides is 3. The van der Waals surface area contributed by atoms with Crippen molar-refractivity contribution in [3.8, 4) is 0 Å². The number of carbonyl (C=O) groups excluding carboxylic acids is 2. The Morgan fingerprint density at radius 3 is 2.33 bits per heavy atom. The Labute approximate surface area is 164 Å². The summed E-state index contributed by atoms with van der Waals surface area (Å²) in [6.45, 7) is 1.53. The van der Waals surface area contributed by atoms with Gasteiger partial charge in [-0.2, -0.15) is 0 Å². The van der Waals surface area contributed by atoms with E-state index in [1.54, 1.807) is 6.92 Å². The van der Waals surface area contributed by atoms with Crippen LogP contribution in [-0.2, 0) is 26.7 Å². The summed E-state index contributed by atoms with van der Waals surface area (Å²) in [7, 11) is -3.37. The number of rotatable bonds is 4. The molecule has 6 nitrogen and oxygen atoms in total. The summed E-state index contributed by atoms with van der Waals surface area (Å²) in [5, 5.41) is 2.65. The maximum atomic E-state index is 13.2. The van der Waals surface area contributed by atoms with E-state index >= 15 is 0 Å². The number of nitrogens with zero attached hydrogens (tertiary/aromatic N) is 1. The summed E-state index contributed by atoms with van der Waals surface area (Å²) >= 11 is 3.23. The normalized spacial score (nSPS) is 20.1. The molecular weight excluding hydrogens is 439 g/mol. The van der Waals surface area contributed by atoms with Gasteiger partial charge < -0.3 is 5.32 Å². The van der Waals surface area contributed by atoms with E-state index in [9.17, 15) is 22.4 Å². The van der Waals surface area contributed by atoms with E-state index < -0.39 is 33.1 Å². The fraction of sp³-hybridized carbons (Fsp3) is 0.222. The van der Waals surface area contributed by atoms with Crippen LogP contribution in [0.5, 0.6) is 0 Å². The van der Waals surface area contributed by atoms with Crippen LogP contribution in [0.3, 0.4) is 0 Å². The number of imide groups is 1. The van der Waals surface area contributed by atoms with Gasteiger partial charge in [-0.15, -0.1) is 0 Å². The Morgan fingerprint density at radius 2 is 1.78 bits per heavy atom. The van der Waals surface area contributed by atoms with Gasteiger partial charge in [-0.05, 0) is 42.3 Å². The smallest absolute Gasteiger partial charge is 0.319 e. The zero-order valence-corrected chi connectivity index (χ0v) is 16.9. The highest BCUT2D eigenvalue weighted by molar-refractivity contribution is 9.10. The van der Waals surface area contributed by atoms with Crippen LogP contribution in [0, 0.1) is 5.82 Å². The molecule has 0 spiro atoms. The van der Waals surface area contributed by atoms with E-state index in [0.29, 0.717) is 15.6 Å². The molecule has 1 saturated heterocycles. The van der Waals surface area contributed by atoms with Crippen molar-refractivity contribution < 1.29 is 22.4 Å². The van der Waals surface area contributed by atoms with Gasteiger partial charge in [-0.25, -0.2) is 17.6 Å². The van der Waals surface area contributed by atoms with Gasteiger partial charge in [0, 0.05) is 10.7 Å². The molecule has 0 aliphatic carbocycles. The molecule has 3 amide bonds. The number of urea groups is 1. The van der Waals surface area contributed by atoms with Crippen LogP contribution in [0.1, 0.15) is 18.1 Å². The first-order valence-corrected chi connectivity index (χ1v) is 10.6. The predicted molar refractivity (Wildman–Crippen MR) is 100 cm³/mol. The summed E-state index contributed by atoms with van der Waals surface area (Å²) in [6.07, 6.45) is 1.09. The number of halogens is 2. The van der Waals surface area contributed by atoms with Crippen molar-refractivity contribution in [1.29, 1.82) is 0 Å². The molecule has 1 N–H and O–H groups in total. The second-order valence-corrected chi connectivity index (χ2v) is 9.35. The van der Waals surface area contributed by atoms with Crippen molar-refractivity contribution in [2.45, 2.75) is 23.9 Å². The van der Waals surface area contributed by atoms with Crippen LogP contribution in [0.15, 0.2) is 51.8 Å². The van der Waals surface area contributed by atoms with E-state index in [1.807, 2.05) is 0 Å². The van der Waals surface area contributed by atoms with Crippen LogP contribution in [0.2, 0.25) is 0 Å². The molecule has 1 aliphatic heterocycles. The summed E-state index contributed by atoms with van der Waals surface area (Å²) in [4.78, 5) is 26.5. The zero-order valence-electron chi connectivity index (χ0n) is 14.5. The molecule has 2 aromatic carbocycles. The fourth-order valence-electron chi connectivity index (χ4n) is 2.89. The van der Waals surface area contributed by atoms with Gasteiger partial charge in [-0.1, -0.05) is 34.1 Å². The lowest BCUT2D eigenvalue weighted by atomic mass is 9.92. The highest BCUT2D eigenvalue weighted by Gasteiger charge is 2.49. The monoisotopic (exact) mass is 454 g/mol. The summed E-state index contributed by atoms with van der Waals surface area (Å²) < 4.78 is 36.9. The number of hydrogen-bond donors (Lipinski definition) is 1. The Kier molecular flexibility index (Phi) is 4.85. The minimum atomic E-state index is -3.37. The summed E-state index contributed by atoms with van der Waals surface area (Å²) in [6, 6.07) is 9.24. The number of sulfone groups is 1.